The number of amides is 2. The molecule has 1 atom stereocenters. The number of likely N-dealkylation sites (N-methyl/N-ethyl adjacent to an activating group) is 1. The SMILES string of the molecule is CC(CO)N(C)C(=O)NCC(C)(C)c1ccccc1. The van der Waals surface area contributed by atoms with Gasteiger partial charge in [0.2, 0.25) is 0 Å². The second kappa shape index (κ2) is 6.57. The molecular weight excluding hydrogens is 240 g/mol. The van der Waals surface area contributed by atoms with Crippen LogP contribution in [-0.4, -0.2) is 42.3 Å². The van der Waals surface area contributed by atoms with Gasteiger partial charge in [-0.25, -0.2) is 4.79 Å². The maximum atomic E-state index is 11.9. The Hall–Kier alpha value is -1.55. The maximum absolute atomic E-state index is 11.9. The molecule has 0 fully saturated rings. The van der Waals surface area contributed by atoms with Gasteiger partial charge in [-0.3, -0.25) is 0 Å². The fraction of sp³-hybridized carbons (Fsp3) is 0.533. The smallest absolute Gasteiger partial charge is 0.317 e. The van der Waals surface area contributed by atoms with Crippen molar-refractivity contribution in [1.82, 2.24) is 10.2 Å². The summed E-state index contributed by atoms with van der Waals surface area (Å²) in [4.78, 5) is 13.4. The van der Waals surface area contributed by atoms with E-state index in [1.807, 2.05) is 25.1 Å². The van der Waals surface area contributed by atoms with Crippen molar-refractivity contribution in [3.8, 4) is 0 Å². The third-order valence-electron chi connectivity index (χ3n) is 3.48. The Bertz CT molecular complexity index is 404. The minimum Gasteiger partial charge on any atom is -0.394 e. The topological polar surface area (TPSA) is 52.6 Å². The first kappa shape index (κ1) is 15.5. The first-order chi connectivity index (χ1) is 8.88. The van der Waals surface area contributed by atoms with E-state index in [1.165, 1.54) is 10.5 Å². The van der Waals surface area contributed by atoms with Crippen LogP contribution < -0.4 is 5.32 Å². The van der Waals surface area contributed by atoms with Crippen molar-refractivity contribution in [3.63, 3.8) is 0 Å². The molecule has 0 aliphatic carbocycles. The summed E-state index contributed by atoms with van der Waals surface area (Å²) < 4.78 is 0. The Morgan fingerprint density at radius 1 is 1.37 bits per heavy atom. The number of hydrogen-bond donors (Lipinski definition) is 2. The number of rotatable bonds is 5. The lowest BCUT2D eigenvalue weighted by molar-refractivity contribution is 0.156. The van der Waals surface area contributed by atoms with Crippen LogP contribution in [0.25, 0.3) is 0 Å². The molecule has 2 N–H and O–H groups in total. The van der Waals surface area contributed by atoms with Gasteiger partial charge in [0.15, 0.2) is 0 Å². The molecule has 0 saturated carbocycles. The van der Waals surface area contributed by atoms with Crippen molar-refractivity contribution in [1.29, 1.82) is 0 Å². The van der Waals surface area contributed by atoms with Crippen LogP contribution in [0, 0.1) is 0 Å². The lowest BCUT2D eigenvalue weighted by Crippen LogP contribution is -2.47. The Balaban J connectivity index is 2.59. The number of aliphatic hydroxyl groups excluding tert-OH is 1. The molecular formula is C15H24N2O2. The van der Waals surface area contributed by atoms with Crippen LogP contribution in [0.1, 0.15) is 26.3 Å². The van der Waals surface area contributed by atoms with Crippen molar-refractivity contribution >= 4 is 6.03 Å². The molecule has 0 saturated heterocycles. The zero-order valence-electron chi connectivity index (χ0n) is 12.2. The monoisotopic (exact) mass is 264 g/mol. The molecule has 1 rings (SSSR count). The van der Waals surface area contributed by atoms with Crippen LogP contribution in [0.4, 0.5) is 4.79 Å². The van der Waals surface area contributed by atoms with Gasteiger partial charge in [-0.2, -0.15) is 0 Å². The van der Waals surface area contributed by atoms with Crippen LogP contribution in [0.3, 0.4) is 0 Å². The van der Waals surface area contributed by atoms with Crippen molar-refractivity contribution in [2.24, 2.45) is 0 Å². The largest absolute Gasteiger partial charge is 0.394 e. The summed E-state index contributed by atoms with van der Waals surface area (Å²) in [6.07, 6.45) is 0. The van der Waals surface area contributed by atoms with E-state index in [-0.39, 0.29) is 24.1 Å². The summed E-state index contributed by atoms with van der Waals surface area (Å²) in [5, 5.41) is 12.0. The number of carbonyl (C=O) groups is 1. The molecule has 4 heteroatoms. The summed E-state index contributed by atoms with van der Waals surface area (Å²) in [5.41, 5.74) is 1.06. The Morgan fingerprint density at radius 2 is 1.95 bits per heavy atom. The molecule has 0 aliphatic rings. The second-order valence-corrected chi connectivity index (χ2v) is 5.55. The van der Waals surface area contributed by atoms with E-state index in [0.29, 0.717) is 6.54 Å². The summed E-state index contributed by atoms with van der Waals surface area (Å²) in [5.74, 6) is 0. The highest BCUT2D eigenvalue weighted by atomic mass is 16.3. The van der Waals surface area contributed by atoms with E-state index < -0.39 is 0 Å². The van der Waals surface area contributed by atoms with Crippen molar-refractivity contribution in [3.05, 3.63) is 35.9 Å². The van der Waals surface area contributed by atoms with E-state index in [4.69, 9.17) is 5.11 Å². The molecule has 4 nitrogen and oxygen atoms in total. The highest BCUT2D eigenvalue weighted by Crippen LogP contribution is 2.21. The van der Waals surface area contributed by atoms with Crippen LogP contribution in [0.2, 0.25) is 0 Å². The molecule has 2 amide bonds. The molecule has 106 valence electrons. The second-order valence-electron chi connectivity index (χ2n) is 5.55. The zero-order chi connectivity index (χ0) is 14.5. The Morgan fingerprint density at radius 3 is 2.47 bits per heavy atom. The van der Waals surface area contributed by atoms with Crippen LogP contribution in [0.5, 0.6) is 0 Å². The molecule has 0 bridgehead atoms. The lowest BCUT2D eigenvalue weighted by Gasteiger charge is -2.29. The Labute approximate surface area is 115 Å². The number of aliphatic hydroxyl groups is 1. The predicted octanol–water partition coefficient (Wildman–Crippen LogP) is 1.99. The molecule has 0 aliphatic heterocycles. The van der Waals surface area contributed by atoms with Crippen molar-refractivity contribution < 1.29 is 9.90 Å². The van der Waals surface area contributed by atoms with Crippen molar-refractivity contribution in [2.45, 2.75) is 32.2 Å². The highest BCUT2D eigenvalue weighted by molar-refractivity contribution is 5.74. The molecule has 0 aromatic heterocycles. The summed E-state index contributed by atoms with van der Waals surface area (Å²) in [6, 6.07) is 9.76. The van der Waals surface area contributed by atoms with Gasteiger partial charge in [-0.05, 0) is 12.5 Å². The van der Waals surface area contributed by atoms with Gasteiger partial charge in [0, 0.05) is 19.0 Å². The molecule has 19 heavy (non-hydrogen) atoms. The highest BCUT2D eigenvalue weighted by Gasteiger charge is 2.22. The number of benzene rings is 1. The van der Waals surface area contributed by atoms with Gasteiger partial charge >= 0.3 is 6.03 Å². The zero-order valence-corrected chi connectivity index (χ0v) is 12.2. The third-order valence-corrected chi connectivity index (χ3v) is 3.48. The van der Waals surface area contributed by atoms with E-state index in [1.54, 1.807) is 7.05 Å². The maximum Gasteiger partial charge on any atom is 0.317 e. The first-order valence-corrected chi connectivity index (χ1v) is 6.55. The fourth-order valence-corrected chi connectivity index (χ4v) is 1.74. The van der Waals surface area contributed by atoms with Gasteiger partial charge in [0.25, 0.3) is 0 Å². The predicted molar refractivity (Wildman–Crippen MR) is 77.2 cm³/mol. The average molecular weight is 264 g/mol. The van der Waals surface area contributed by atoms with Gasteiger partial charge in [0.1, 0.15) is 0 Å². The normalized spacial score (nSPS) is 12.9. The molecule has 1 aromatic rings. The summed E-state index contributed by atoms with van der Waals surface area (Å²) in [6.45, 7) is 6.52. The molecule has 1 unspecified atom stereocenters. The van der Waals surface area contributed by atoms with E-state index in [0.717, 1.165) is 0 Å². The minimum atomic E-state index is -0.181. The fourth-order valence-electron chi connectivity index (χ4n) is 1.74. The standard InChI is InChI=1S/C15H24N2O2/c1-12(10-18)17(4)14(19)16-11-15(2,3)13-8-6-5-7-9-13/h5-9,12,18H,10-11H2,1-4H3,(H,16,19). The van der Waals surface area contributed by atoms with Gasteiger partial charge in [0.05, 0.1) is 12.6 Å². The minimum absolute atomic E-state index is 0.0357. The number of carbonyl (C=O) groups excluding carboxylic acids is 1. The van der Waals surface area contributed by atoms with Crippen molar-refractivity contribution in [2.75, 3.05) is 20.2 Å². The Kier molecular flexibility index (Phi) is 5.36. The summed E-state index contributed by atoms with van der Waals surface area (Å²) in [7, 11) is 1.69. The van der Waals surface area contributed by atoms with Crippen LogP contribution in [0.15, 0.2) is 30.3 Å². The van der Waals surface area contributed by atoms with E-state index in [9.17, 15) is 4.79 Å². The number of nitrogens with zero attached hydrogens (tertiary/aromatic N) is 1. The molecule has 1 aromatic carbocycles. The molecule has 0 heterocycles. The number of nitrogens with one attached hydrogen (secondary N) is 1. The van der Waals surface area contributed by atoms with Crippen LogP contribution in [-0.2, 0) is 5.41 Å². The number of urea groups is 1. The van der Waals surface area contributed by atoms with Crippen LogP contribution >= 0.6 is 0 Å². The average Bonchev–Trinajstić information content (AvgIpc) is 2.44. The quantitative estimate of drug-likeness (QED) is 0.854. The van der Waals surface area contributed by atoms with Gasteiger partial charge < -0.3 is 15.3 Å². The van der Waals surface area contributed by atoms with E-state index in [2.05, 4.69) is 31.3 Å². The summed E-state index contributed by atoms with van der Waals surface area (Å²) >= 11 is 0. The third kappa shape index (κ3) is 4.24. The van der Waals surface area contributed by atoms with E-state index >= 15 is 0 Å². The lowest BCUT2D eigenvalue weighted by atomic mass is 9.85. The van der Waals surface area contributed by atoms with Gasteiger partial charge in [-0.1, -0.05) is 44.2 Å². The molecule has 0 radical (unpaired) electrons. The first-order valence-electron chi connectivity index (χ1n) is 6.55. The number of hydrogen-bond acceptors (Lipinski definition) is 2. The molecule has 0 spiro atoms. The van der Waals surface area contributed by atoms with Gasteiger partial charge in [-0.15, -0.1) is 0 Å².